The SMILES string of the molecule is CC/C=C/C/C=C/C/C=C/CCCCCC(O)C(=O)NC(COC1OC(CO)C(O)C(O)C1OC(=O)CCCCCCCCCCCCCCCCC/C=C\C/C=C\CCCCC)C(O)/C=C/CCCCCCCCCCCC. The molecule has 1 fully saturated rings. The normalized spacial score (nSPS) is 19.3. The van der Waals surface area contributed by atoms with Gasteiger partial charge in [-0.3, -0.25) is 9.59 Å². The molecule has 0 aromatic rings. The minimum atomic E-state index is -1.62. The van der Waals surface area contributed by atoms with Crippen LogP contribution >= 0.6 is 0 Å². The first kappa shape index (κ1) is 74.1. The fourth-order valence-electron chi connectivity index (χ4n) is 9.93. The molecule has 8 unspecified atom stereocenters. The summed E-state index contributed by atoms with van der Waals surface area (Å²) < 4.78 is 17.6. The third-order valence-electron chi connectivity index (χ3n) is 15.1. The van der Waals surface area contributed by atoms with Crippen LogP contribution in [0.2, 0.25) is 0 Å². The first-order valence-electron chi connectivity index (χ1n) is 32.7. The maximum absolute atomic E-state index is 13.4. The molecule has 1 rings (SSSR count). The standard InChI is InChI=1S/C68H121NO10/c1-4-7-10-13-16-19-22-25-26-27-28-29-30-31-32-33-34-35-36-38-41-44-47-50-53-56-63(73)79-66-65(75)64(74)62(57-70)78-68(66)77-58-59(60(71)54-51-48-45-42-39-24-21-18-15-12-9-6-3)69-67(76)61(72)55-52-49-46-43-40-37-23-20-17-14-11-8-5-2/h8,11,16-17,19-20,25-26,37,40,51,54,59-62,64-66,68,70-72,74-75H,4-7,9-10,12-15,18,21-24,27-36,38-39,41-50,52-53,55-58H2,1-3H3,(H,69,76)/b11-8+,19-16-,20-17+,26-25-,40-37+,54-51+. The van der Waals surface area contributed by atoms with Gasteiger partial charge in [-0.2, -0.15) is 0 Å². The number of esters is 1. The van der Waals surface area contributed by atoms with Gasteiger partial charge >= 0.3 is 5.97 Å². The third-order valence-corrected chi connectivity index (χ3v) is 15.1. The lowest BCUT2D eigenvalue weighted by Crippen LogP contribution is -2.61. The number of nitrogens with one attached hydrogen (secondary N) is 1. The predicted molar refractivity (Wildman–Crippen MR) is 329 cm³/mol. The summed E-state index contributed by atoms with van der Waals surface area (Å²) in [6, 6.07) is -1.04. The van der Waals surface area contributed by atoms with Crippen molar-refractivity contribution in [2.24, 2.45) is 0 Å². The van der Waals surface area contributed by atoms with Crippen LogP contribution in [0.25, 0.3) is 0 Å². The maximum Gasteiger partial charge on any atom is 0.306 e. The number of aliphatic hydroxyl groups is 5. The van der Waals surface area contributed by atoms with Gasteiger partial charge in [0.2, 0.25) is 5.91 Å². The molecule has 0 bridgehead atoms. The van der Waals surface area contributed by atoms with Gasteiger partial charge < -0.3 is 45.1 Å². The second-order valence-corrected chi connectivity index (χ2v) is 22.5. The fourth-order valence-corrected chi connectivity index (χ4v) is 9.93. The van der Waals surface area contributed by atoms with E-state index in [0.29, 0.717) is 12.8 Å². The van der Waals surface area contributed by atoms with Crippen molar-refractivity contribution in [1.29, 1.82) is 0 Å². The summed E-state index contributed by atoms with van der Waals surface area (Å²) in [5, 5.41) is 57.0. The Hall–Kier alpha value is -2.90. The minimum Gasteiger partial charge on any atom is -0.454 e. The van der Waals surface area contributed by atoms with Gasteiger partial charge in [0.15, 0.2) is 12.4 Å². The molecule has 0 aromatic heterocycles. The first-order valence-corrected chi connectivity index (χ1v) is 32.7. The number of rotatable bonds is 55. The van der Waals surface area contributed by atoms with Crippen LogP contribution < -0.4 is 5.32 Å². The van der Waals surface area contributed by atoms with Crippen LogP contribution in [0.5, 0.6) is 0 Å². The van der Waals surface area contributed by atoms with Crippen molar-refractivity contribution < 1.29 is 49.3 Å². The molecule has 0 saturated carbocycles. The van der Waals surface area contributed by atoms with Gasteiger partial charge in [-0.1, -0.05) is 261 Å². The van der Waals surface area contributed by atoms with Crippen molar-refractivity contribution in [1.82, 2.24) is 5.32 Å². The number of amides is 1. The van der Waals surface area contributed by atoms with Crippen molar-refractivity contribution in [2.45, 2.75) is 333 Å². The first-order chi connectivity index (χ1) is 38.7. The average Bonchev–Trinajstić information content (AvgIpc) is 3.46. The van der Waals surface area contributed by atoms with Crippen molar-refractivity contribution in [3.8, 4) is 0 Å². The Morgan fingerprint density at radius 2 is 0.911 bits per heavy atom. The van der Waals surface area contributed by atoms with Crippen LogP contribution in [-0.2, 0) is 23.8 Å². The van der Waals surface area contributed by atoms with E-state index in [4.69, 9.17) is 14.2 Å². The van der Waals surface area contributed by atoms with Crippen molar-refractivity contribution in [3.63, 3.8) is 0 Å². The number of allylic oxidation sites excluding steroid dienone is 11. The molecule has 0 spiro atoms. The summed E-state index contributed by atoms with van der Waals surface area (Å²) in [5.41, 5.74) is 0. The highest BCUT2D eigenvalue weighted by molar-refractivity contribution is 5.80. The molecule has 11 heteroatoms. The van der Waals surface area contributed by atoms with Gasteiger partial charge in [0.05, 0.1) is 25.4 Å². The molecule has 0 aromatic carbocycles. The summed E-state index contributed by atoms with van der Waals surface area (Å²) in [5.74, 6) is -1.22. The lowest BCUT2D eigenvalue weighted by atomic mass is 9.99. The fraction of sp³-hybridized carbons (Fsp3) is 0.794. The number of ether oxygens (including phenoxy) is 3. The molecule has 6 N–H and O–H groups in total. The van der Waals surface area contributed by atoms with E-state index in [-0.39, 0.29) is 19.4 Å². The molecule has 0 aliphatic carbocycles. The second kappa shape index (κ2) is 55.6. The molecule has 458 valence electrons. The summed E-state index contributed by atoms with van der Waals surface area (Å²) in [4.78, 5) is 26.6. The number of hydrogen-bond acceptors (Lipinski definition) is 10. The highest BCUT2D eigenvalue weighted by atomic mass is 16.7. The molecule has 0 radical (unpaired) electrons. The maximum atomic E-state index is 13.4. The van der Waals surface area contributed by atoms with Gasteiger partial charge in [-0.25, -0.2) is 0 Å². The monoisotopic (exact) mass is 1110 g/mol. The summed E-state index contributed by atoms with van der Waals surface area (Å²) >= 11 is 0. The number of hydrogen-bond donors (Lipinski definition) is 6. The smallest absolute Gasteiger partial charge is 0.306 e. The number of unbranched alkanes of at least 4 members (excludes halogenated alkanes) is 31. The topological polar surface area (TPSA) is 175 Å². The van der Waals surface area contributed by atoms with Crippen LogP contribution in [0.15, 0.2) is 72.9 Å². The van der Waals surface area contributed by atoms with Gasteiger partial charge in [0, 0.05) is 6.42 Å². The number of carbonyl (C=O) groups excluding carboxylic acids is 2. The Balaban J connectivity index is 2.58. The van der Waals surface area contributed by atoms with Crippen LogP contribution in [0.1, 0.15) is 284 Å². The van der Waals surface area contributed by atoms with Crippen LogP contribution in [0.3, 0.4) is 0 Å². The predicted octanol–water partition coefficient (Wildman–Crippen LogP) is 16.0. The Kier molecular flexibility index (Phi) is 52.2. The van der Waals surface area contributed by atoms with Gasteiger partial charge in [-0.05, 0) is 89.9 Å². The Morgan fingerprint density at radius 3 is 1.39 bits per heavy atom. The second-order valence-electron chi connectivity index (χ2n) is 22.5. The van der Waals surface area contributed by atoms with E-state index >= 15 is 0 Å². The third kappa shape index (κ3) is 43.5. The van der Waals surface area contributed by atoms with Crippen molar-refractivity contribution in [2.75, 3.05) is 13.2 Å². The molecule has 79 heavy (non-hydrogen) atoms. The molecule has 11 nitrogen and oxygen atoms in total. The van der Waals surface area contributed by atoms with Crippen LogP contribution in [-0.4, -0.2) is 99.6 Å². The minimum absolute atomic E-state index is 0.120. The van der Waals surface area contributed by atoms with E-state index in [9.17, 15) is 35.1 Å². The molecule has 1 aliphatic rings. The molecule has 1 saturated heterocycles. The molecule has 1 amide bonds. The van der Waals surface area contributed by atoms with Gasteiger partial charge in [0.1, 0.15) is 24.4 Å². The van der Waals surface area contributed by atoms with Crippen molar-refractivity contribution in [3.05, 3.63) is 72.9 Å². The zero-order valence-corrected chi connectivity index (χ0v) is 50.7. The zero-order valence-electron chi connectivity index (χ0n) is 50.7. The van der Waals surface area contributed by atoms with Crippen molar-refractivity contribution >= 4 is 11.9 Å². The Bertz CT molecular complexity index is 1560. The van der Waals surface area contributed by atoms with E-state index in [1.807, 2.05) is 6.08 Å². The Morgan fingerprint density at radius 1 is 0.506 bits per heavy atom. The van der Waals surface area contributed by atoms with E-state index in [0.717, 1.165) is 83.5 Å². The molecular formula is C68H121NO10. The summed E-state index contributed by atoms with van der Waals surface area (Å²) in [6.07, 6.45) is 61.0. The van der Waals surface area contributed by atoms with E-state index < -0.39 is 67.4 Å². The van der Waals surface area contributed by atoms with E-state index in [2.05, 4.69) is 86.8 Å². The highest BCUT2D eigenvalue weighted by Crippen LogP contribution is 2.26. The lowest BCUT2D eigenvalue weighted by molar-refractivity contribution is -0.305. The quantitative estimate of drug-likeness (QED) is 0.0195. The van der Waals surface area contributed by atoms with Crippen LogP contribution in [0.4, 0.5) is 0 Å². The van der Waals surface area contributed by atoms with E-state index in [1.54, 1.807) is 6.08 Å². The average molecular weight is 1110 g/mol. The summed E-state index contributed by atoms with van der Waals surface area (Å²) in [6.45, 7) is 5.64. The Labute approximate surface area is 483 Å². The highest BCUT2D eigenvalue weighted by Gasteiger charge is 2.47. The van der Waals surface area contributed by atoms with Gasteiger partial charge in [0.25, 0.3) is 0 Å². The molecular weight excluding hydrogens is 991 g/mol. The molecule has 1 heterocycles. The van der Waals surface area contributed by atoms with Crippen LogP contribution in [0, 0.1) is 0 Å². The van der Waals surface area contributed by atoms with E-state index in [1.165, 1.54) is 154 Å². The number of carbonyl (C=O) groups is 2. The summed E-state index contributed by atoms with van der Waals surface area (Å²) in [7, 11) is 0. The molecule has 1 aliphatic heterocycles. The lowest BCUT2D eigenvalue weighted by Gasteiger charge is -2.41. The number of aliphatic hydroxyl groups excluding tert-OH is 5. The van der Waals surface area contributed by atoms with Gasteiger partial charge in [-0.15, -0.1) is 0 Å². The zero-order chi connectivity index (χ0) is 57.5. The largest absolute Gasteiger partial charge is 0.454 e. The molecule has 8 atom stereocenters.